The molecule has 716 valence electrons. The molecule has 0 aromatic heterocycles. The summed E-state index contributed by atoms with van der Waals surface area (Å²) in [7, 11) is -4.37. The first kappa shape index (κ1) is 98.8. The second kappa shape index (κ2) is 44.2. The number of aromatic hydroxyl groups is 3. The Bertz CT molecular complexity index is 5860. The number of nitrogens with zero attached hydrogens (tertiary/aromatic N) is 3. The highest BCUT2D eigenvalue weighted by Crippen LogP contribution is 2.48. The normalized spacial score (nSPS) is 23.8. The number of amides is 6. The third kappa shape index (κ3) is 22.8. The fraction of sp³-hybridized carbons (Fsp3) is 0.286. The predicted octanol–water partition coefficient (Wildman–Crippen LogP) is 14.1. The van der Waals surface area contributed by atoms with Crippen molar-refractivity contribution in [2.24, 2.45) is 0 Å². The van der Waals surface area contributed by atoms with Crippen molar-refractivity contribution in [1.29, 1.82) is 0 Å². The number of aliphatic hydroxyl groups excluding tert-OH is 11. The number of ether oxygens (including phenoxy) is 2. The second-order valence-electron chi connectivity index (χ2n) is 34.8. The zero-order valence-corrected chi connectivity index (χ0v) is 74.9. The lowest BCUT2D eigenvalue weighted by Crippen LogP contribution is -2.55. The fourth-order valence-electron chi connectivity index (χ4n) is 18.6. The first-order valence-electron chi connectivity index (χ1n) is 45.2. The lowest BCUT2D eigenvalue weighted by Gasteiger charge is -2.40. The average Bonchev–Trinajstić information content (AvgIpc) is 1.76. The van der Waals surface area contributed by atoms with E-state index in [-0.39, 0.29) is 76.2 Å². The molecule has 17 rings (SSSR count). The van der Waals surface area contributed by atoms with E-state index in [0.29, 0.717) is 142 Å². The van der Waals surface area contributed by atoms with Crippen molar-refractivity contribution >= 4 is 48.1 Å². The number of para-hydroxylation sites is 3. The van der Waals surface area contributed by atoms with Gasteiger partial charge in [0, 0.05) is 33.8 Å². The zero-order valence-electron chi connectivity index (χ0n) is 74.0. The highest BCUT2D eigenvalue weighted by Gasteiger charge is 2.49. The summed E-state index contributed by atoms with van der Waals surface area (Å²) < 4.78 is 62.8. The number of hydrogen-bond acceptors (Lipinski definition) is 20. The van der Waals surface area contributed by atoms with Crippen molar-refractivity contribution < 1.29 is 123 Å². The molecule has 0 saturated carbocycles. The van der Waals surface area contributed by atoms with E-state index in [2.05, 4.69) is 16.0 Å². The number of carbonyl (C=O) groups excluding carboxylic acids is 3. The van der Waals surface area contributed by atoms with Gasteiger partial charge in [0.15, 0.2) is 0 Å². The van der Waals surface area contributed by atoms with E-state index in [1.165, 1.54) is 48.5 Å². The molecule has 137 heavy (non-hydrogen) atoms. The molecule has 5 heterocycles. The number of aliphatic hydroxyl groups is 11. The van der Waals surface area contributed by atoms with Gasteiger partial charge in [0.1, 0.15) is 95.7 Å². The van der Waals surface area contributed by atoms with Crippen molar-refractivity contribution in [1.82, 2.24) is 16.0 Å². The lowest BCUT2D eigenvalue weighted by molar-refractivity contribution is -0.231. The summed E-state index contributed by atoms with van der Waals surface area (Å²) in [6.07, 6.45) is -10.5. The molecule has 5 aliphatic heterocycles. The summed E-state index contributed by atoms with van der Waals surface area (Å²) in [5.74, 6) is -1.17. The Labute approximate surface area is 787 Å². The molecule has 6 amide bonds. The van der Waals surface area contributed by atoms with Gasteiger partial charge in [0.25, 0.3) is 0 Å². The molecule has 0 radical (unpaired) electrons. The summed E-state index contributed by atoms with van der Waals surface area (Å²) in [6, 6.07) is 76.5. The minimum atomic E-state index is -4.37. The van der Waals surface area contributed by atoms with Crippen molar-refractivity contribution in [3.63, 3.8) is 0 Å². The molecule has 12 aromatic rings. The lowest BCUT2D eigenvalue weighted by atomic mass is 9.90. The standard InChI is InChI=1S/2C37H39FN2O8.C31H30FN2O6P/c2*38-25-16-13-22(14-17-25)29(42)8-4-7-28-32(40(37(47)39-28)26-5-2-1-3-6-26)27-18-15-24(19-30(27)43)21-9-11-23(12-10-21)36-35(46)34(45)33(44)31(20-41)48-36;32-23-14-9-21(10-15-23)28(35)8-4-7-27-30(34(31(37)33-27)24-5-2-1-3-6-24)26-18-13-22(19-29(26)36)20-11-16-25(17-12-20)41(38,39)40/h2*1-3,5-6,9-19,28-29,31-36,41-46H,4,7-8,20H2,(H,39,47);1-3,5-6,9-19,27-28,30,35-36H,4,7-8H2,(H,33,37)(H2,38,39,40)/t28-,29?,31-,32-,33-,34+,35-,36+;;27-,28-,30-/m1.1/s1. The van der Waals surface area contributed by atoms with E-state index >= 15 is 0 Å². The molecule has 12 aromatic carbocycles. The molecule has 5 saturated heterocycles. The van der Waals surface area contributed by atoms with Crippen LogP contribution in [-0.2, 0) is 14.0 Å². The molecule has 0 spiro atoms. The van der Waals surface area contributed by atoms with Gasteiger partial charge >= 0.3 is 25.7 Å². The quantitative estimate of drug-likeness (QED) is 0.0194. The van der Waals surface area contributed by atoms with Crippen LogP contribution >= 0.6 is 7.60 Å². The number of urea groups is 3. The van der Waals surface area contributed by atoms with Crippen LogP contribution in [-0.4, -0.2) is 180 Å². The maximum Gasteiger partial charge on any atom is 0.356 e. The van der Waals surface area contributed by atoms with Gasteiger partial charge < -0.3 is 107 Å². The van der Waals surface area contributed by atoms with Gasteiger partial charge in [-0.3, -0.25) is 19.3 Å². The first-order chi connectivity index (χ1) is 65.9. The molecule has 28 nitrogen and oxygen atoms in total. The van der Waals surface area contributed by atoms with Crippen LogP contribution in [0.25, 0.3) is 33.4 Å². The first-order valence-corrected chi connectivity index (χ1v) is 46.8. The number of hydrogen-bond donors (Lipinski definition) is 19. The average molecular weight is 1890 g/mol. The van der Waals surface area contributed by atoms with Gasteiger partial charge in [-0.25, -0.2) is 27.6 Å². The summed E-state index contributed by atoms with van der Waals surface area (Å²) in [5, 5.41) is 156. The zero-order chi connectivity index (χ0) is 97.0. The fourth-order valence-corrected chi connectivity index (χ4v) is 19.1. The van der Waals surface area contributed by atoms with E-state index in [0.717, 1.165) is 11.1 Å². The number of benzene rings is 12. The van der Waals surface area contributed by atoms with Crippen molar-refractivity contribution in [3.8, 4) is 50.6 Å². The summed E-state index contributed by atoms with van der Waals surface area (Å²) in [4.78, 5) is 63.6. The van der Waals surface area contributed by atoms with E-state index < -0.39 is 118 Å². The smallest absolute Gasteiger partial charge is 0.356 e. The van der Waals surface area contributed by atoms with Gasteiger partial charge in [-0.15, -0.1) is 0 Å². The summed E-state index contributed by atoms with van der Waals surface area (Å²) in [6.45, 7) is -1.04. The van der Waals surface area contributed by atoms with Crippen molar-refractivity contribution in [3.05, 3.63) is 353 Å². The Morgan fingerprint density at radius 2 is 0.599 bits per heavy atom. The van der Waals surface area contributed by atoms with Crippen LogP contribution in [0.15, 0.2) is 291 Å². The van der Waals surface area contributed by atoms with Crippen LogP contribution in [0.5, 0.6) is 17.2 Å². The molecule has 19 N–H and O–H groups in total. The van der Waals surface area contributed by atoms with E-state index in [9.17, 15) is 113 Å². The van der Waals surface area contributed by atoms with E-state index in [4.69, 9.17) is 9.47 Å². The van der Waals surface area contributed by atoms with Gasteiger partial charge in [0.2, 0.25) is 0 Å². The van der Waals surface area contributed by atoms with Gasteiger partial charge in [-0.2, -0.15) is 0 Å². The minimum Gasteiger partial charge on any atom is -0.508 e. The molecule has 0 bridgehead atoms. The maximum absolute atomic E-state index is 13.4. The number of phenols is 3. The highest BCUT2D eigenvalue weighted by atomic mass is 31.2. The van der Waals surface area contributed by atoms with Gasteiger partial charge in [-0.05, 0) is 222 Å². The third-order valence-electron chi connectivity index (χ3n) is 25.9. The third-order valence-corrected chi connectivity index (χ3v) is 26.9. The molecule has 5 aliphatic rings. The van der Waals surface area contributed by atoms with E-state index in [1.807, 2.05) is 103 Å². The molecular weight excluding hydrogens is 1790 g/mol. The Morgan fingerprint density at radius 3 is 0.854 bits per heavy atom. The molecule has 0 aliphatic carbocycles. The Morgan fingerprint density at radius 1 is 0.336 bits per heavy atom. The van der Waals surface area contributed by atoms with Gasteiger partial charge in [-0.1, -0.05) is 188 Å². The van der Waals surface area contributed by atoms with Crippen molar-refractivity contribution in [2.75, 3.05) is 27.9 Å². The summed E-state index contributed by atoms with van der Waals surface area (Å²) >= 11 is 0. The highest BCUT2D eigenvalue weighted by molar-refractivity contribution is 7.60. The largest absolute Gasteiger partial charge is 0.508 e. The minimum absolute atomic E-state index is 0.00992. The molecule has 5 fully saturated rings. The van der Waals surface area contributed by atoms with Crippen LogP contribution < -0.4 is 36.0 Å². The van der Waals surface area contributed by atoms with Crippen LogP contribution in [0, 0.1) is 17.5 Å². The molecular formula is C105H108F3N6O22P. The van der Waals surface area contributed by atoms with Gasteiger partial charge in [0.05, 0.1) is 73.1 Å². The van der Waals surface area contributed by atoms with Crippen LogP contribution in [0.4, 0.5) is 44.6 Å². The SMILES string of the molecule is O=C1NC(CCCC(O)c2ccc(F)cc2)C(c2ccc(-c3ccc(C4OC(CO)C(O)C(O)C4O)cc3)cc2O)N1c1ccccc1.O=C1N[C@H](CCCC(O)c2ccc(F)cc2)[C@@H](c2ccc(-c3ccc([C@@H]4O[C@H](CO)[C@@H](O)[C@H](O)[C@H]4O)cc3)cc2O)N1c1ccccc1.O=C1N[C@H](CCC[C@@H](O)c2ccc(F)cc2)[C@@H](c2ccc(-c3ccc(P(=O)(O)O)cc3)cc2O)N1c1ccccc1. The number of carbonyl (C=O) groups is 3. The van der Waals surface area contributed by atoms with Crippen LogP contribution in [0.2, 0.25) is 0 Å². The topological polar surface area (TPSA) is 456 Å². The van der Waals surface area contributed by atoms with E-state index in [1.54, 1.807) is 154 Å². The summed E-state index contributed by atoms with van der Waals surface area (Å²) in [5.41, 5.74) is 10.7. The molecule has 19 atom stereocenters. The molecule has 32 heteroatoms. The number of rotatable bonds is 29. The van der Waals surface area contributed by atoms with Crippen LogP contribution in [0.1, 0.15) is 151 Å². The Kier molecular flexibility index (Phi) is 31.8. The Balaban J connectivity index is 0.000000157. The monoisotopic (exact) mass is 1890 g/mol. The maximum atomic E-state index is 13.4. The number of anilines is 3. The number of halogens is 3. The van der Waals surface area contributed by atoms with Crippen LogP contribution in [0.3, 0.4) is 0 Å². The predicted molar refractivity (Wildman–Crippen MR) is 505 cm³/mol. The number of nitrogens with one attached hydrogen (secondary N) is 3. The second-order valence-corrected chi connectivity index (χ2v) is 36.4. The molecule has 9 unspecified atom stereocenters. The number of phenolic OH excluding ortho intramolecular Hbond substituents is 3. The Hall–Kier alpha value is -12.7. The van der Waals surface area contributed by atoms with Crippen molar-refractivity contribution in [2.45, 2.75) is 173 Å².